The fraction of sp³-hybridized carbons (Fsp3) is 0.875. The number of thioether (sulfide) groups is 1. The van der Waals surface area contributed by atoms with E-state index in [1.807, 2.05) is 30.5 Å². The van der Waals surface area contributed by atoms with Gasteiger partial charge in [0.2, 0.25) is 11.8 Å². The maximum Gasteiger partial charge on any atom is 0.248 e. The third-order valence-corrected chi connectivity index (χ3v) is 6.70. The first-order valence-electron chi connectivity index (χ1n) is 8.16. The van der Waals surface area contributed by atoms with Crippen molar-refractivity contribution in [1.29, 1.82) is 0 Å². The van der Waals surface area contributed by atoms with Crippen molar-refractivity contribution in [3.63, 3.8) is 0 Å². The molecule has 21 heavy (non-hydrogen) atoms. The van der Waals surface area contributed by atoms with Gasteiger partial charge in [0.1, 0.15) is 5.54 Å². The van der Waals surface area contributed by atoms with Crippen LogP contribution in [0, 0.1) is 0 Å². The Kier molecular flexibility index (Phi) is 5.23. The summed E-state index contributed by atoms with van der Waals surface area (Å²) >= 11 is 1.88. The predicted molar refractivity (Wildman–Crippen MR) is 87.4 cm³/mol. The molecule has 4 nitrogen and oxygen atoms in total. The highest BCUT2D eigenvalue weighted by Crippen LogP contribution is 2.40. The van der Waals surface area contributed by atoms with Crippen LogP contribution in [-0.2, 0) is 9.59 Å². The Balaban J connectivity index is 2.17. The zero-order valence-corrected chi connectivity index (χ0v) is 14.4. The second kappa shape index (κ2) is 6.59. The van der Waals surface area contributed by atoms with Crippen LogP contribution in [0.4, 0.5) is 0 Å². The summed E-state index contributed by atoms with van der Waals surface area (Å²) < 4.78 is 0.152. The van der Waals surface area contributed by atoms with Crippen LogP contribution >= 0.6 is 11.8 Å². The summed E-state index contributed by atoms with van der Waals surface area (Å²) in [7, 11) is 0. The third-order valence-electron chi connectivity index (χ3n) is 5.29. The number of piperazine rings is 1. The van der Waals surface area contributed by atoms with Crippen molar-refractivity contribution in [3.05, 3.63) is 0 Å². The third kappa shape index (κ3) is 3.22. The minimum atomic E-state index is -0.677. The lowest BCUT2D eigenvalue weighted by Crippen LogP contribution is -2.67. The molecule has 0 atom stereocenters. The highest BCUT2D eigenvalue weighted by atomic mass is 32.2. The number of rotatable bonds is 5. The number of hydrogen-bond donors (Lipinski definition) is 1. The van der Waals surface area contributed by atoms with Gasteiger partial charge in [-0.2, -0.15) is 11.8 Å². The zero-order chi connectivity index (χ0) is 15.5. The van der Waals surface area contributed by atoms with Crippen molar-refractivity contribution in [1.82, 2.24) is 10.2 Å². The lowest BCUT2D eigenvalue weighted by molar-refractivity contribution is -0.150. The largest absolute Gasteiger partial charge is 0.340 e. The monoisotopic (exact) mass is 312 g/mol. The first-order chi connectivity index (χ1) is 10.0. The van der Waals surface area contributed by atoms with Gasteiger partial charge in [0, 0.05) is 11.3 Å². The van der Waals surface area contributed by atoms with E-state index in [-0.39, 0.29) is 23.1 Å². The Bertz CT molecular complexity index is 401. The molecule has 1 N–H and O–H groups in total. The fourth-order valence-corrected chi connectivity index (χ4v) is 4.72. The van der Waals surface area contributed by atoms with Gasteiger partial charge in [-0.1, -0.05) is 33.1 Å². The van der Waals surface area contributed by atoms with Gasteiger partial charge in [-0.3, -0.25) is 9.59 Å². The number of hydrogen-bond acceptors (Lipinski definition) is 3. The number of carbonyl (C=O) groups is 2. The minimum Gasteiger partial charge on any atom is -0.340 e. The Hall–Kier alpha value is -0.710. The normalized spacial score (nSPS) is 24.8. The van der Waals surface area contributed by atoms with E-state index in [1.165, 1.54) is 19.3 Å². The topological polar surface area (TPSA) is 49.4 Å². The van der Waals surface area contributed by atoms with Crippen molar-refractivity contribution >= 4 is 23.6 Å². The predicted octanol–water partition coefficient (Wildman–Crippen LogP) is 2.57. The minimum absolute atomic E-state index is 0.00892. The summed E-state index contributed by atoms with van der Waals surface area (Å²) in [6.07, 6.45) is 9.56. The molecule has 5 heteroatoms. The molecule has 1 aliphatic carbocycles. The molecule has 2 aliphatic rings. The fourth-order valence-electron chi connectivity index (χ4n) is 3.74. The first-order valence-corrected chi connectivity index (χ1v) is 9.39. The smallest absolute Gasteiger partial charge is 0.248 e. The van der Waals surface area contributed by atoms with Crippen LogP contribution in [0.25, 0.3) is 0 Å². The molecule has 1 saturated heterocycles. The maximum absolute atomic E-state index is 12.9. The average Bonchev–Trinajstić information content (AvgIpc) is 2.51. The van der Waals surface area contributed by atoms with Gasteiger partial charge >= 0.3 is 0 Å². The Labute approximate surface area is 132 Å². The second-order valence-corrected chi connectivity index (χ2v) is 7.72. The summed E-state index contributed by atoms with van der Waals surface area (Å²) in [5.41, 5.74) is -0.677. The Morgan fingerprint density at radius 1 is 1.14 bits per heavy atom. The molecule has 0 aromatic heterocycles. The van der Waals surface area contributed by atoms with E-state index in [0.717, 1.165) is 19.4 Å². The standard InChI is InChI=1S/C16H28N2O2S/c1-4-16(5-2)14(20)18(11-13(19)17-16)12-15(21-3)9-7-6-8-10-15/h4-12H2,1-3H3,(H,17,19). The van der Waals surface area contributed by atoms with E-state index < -0.39 is 5.54 Å². The van der Waals surface area contributed by atoms with Gasteiger partial charge in [-0.25, -0.2) is 0 Å². The van der Waals surface area contributed by atoms with Gasteiger partial charge < -0.3 is 10.2 Å². The molecule has 1 saturated carbocycles. The molecular formula is C16H28N2O2S. The molecule has 0 radical (unpaired) electrons. The van der Waals surface area contributed by atoms with E-state index in [4.69, 9.17) is 0 Å². The SMILES string of the molecule is CCC1(CC)NC(=O)CN(CC2(SC)CCCCC2)C1=O. The molecule has 0 aromatic carbocycles. The highest BCUT2D eigenvalue weighted by Gasteiger charge is 2.46. The second-order valence-electron chi connectivity index (χ2n) is 6.45. The van der Waals surface area contributed by atoms with Gasteiger partial charge in [-0.15, -0.1) is 0 Å². The molecule has 0 aromatic rings. The van der Waals surface area contributed by atoms with Crippen molar-refractivity contribution in [3.8, 4) is 0 Å². The Morgan fingerprint density at radius 3 is 2.29 bits per heavy atom. The van der Waals surface area contributed by atoms with Crippen LogP contribution in [0.15, 0.2) is 0 Å². The molecule has 0 spiro atoms. The van der Waals surface area contributed by atoms with Crippen LogP contribution in [-0.4, -0.2) is 46.3 Å². The van der Waals surface area contributed by atoms with Crippen molar-refractivity contribution in [2.24, 2.45) is 0 Å². The zero-order valence-electron chi connectivity index (χ0n) is 13.5. The summed E-state index contributed by atoms with van der Waals surface area (Å²) in [6.45, 7) is 4.91. The van der Waals surface area contributed by atoms with Gasteiger partial charge in [0.15, 0.2) is 0 Å². The van der Waals surface area contributed by atoms with Gasteiger partial charge in [0.05, 0.1) is 6.54 Å². The number of amides is 2. The molecule has 1 heterocycles. The van der Waals surface area contributed by atoms with E-state index in [0.29, 0.717) is 12.8 Å². The van der Waals surface area contributed by atoms with Crippen molar-refractivity contribution in [2.75, 3.05) is 19.3 Å². The summed E-state index contributed by atoms with van der Waals surface area (Å²) in [5, 5.41) is 2.94. The van der Waals surface area contributed by atoms with Crippen molar-refractivity contribution in [2.45, 2.75) is 69.1 Å². The molecule has 2 rings (SSSR count). The van der Waals surface area contributed by atoms with Crippen LogP contribution in [0.1, 0.15) is 58.8 Å². The highest BCUT2D eigenvalue weighted by molar-refractivity contribution is 8.00. The van der Waals surface area contributed by atoms with Crippen LogP contribution in [0.5, 0.6) is 0 Å². The van der Waals surface area contributed by atoms with Crippen LogP contribution in [0.3, 0.4) is 0 Å². The maximum atomic E-state index is 12.9. The molecule has 0 unspecified atom stereocenters. The van der Waals surface area contributed by atoms with Gasteiger partial charge in [0.25, 0.3) is 0 Å². The van der Waals surface area contributed by atoms with E-state index in [9.17, 15) is 9.59 Å². The summed E-state index contributed by atoms with van der Waals surface area (Å²) in [6, 6.07) is 0. The van der Waals surface area contributed by atoms with Crippen molar-refractivity contribution < 1.29 is 9.59 Å². The summed E-state index contributed by atoms with van der Waals surface area (Å²) in [5.74, 6) is 0.108. The molecular weight excluding hydrogens is 284 g/mol. The quantitative estimate of drug-likeness (QED) is 0.849. The van der Waals surface area contributed by atoms with Gasteiger partial charge in [-0.05, 0) is 31.9 Å². The number of carbonyl (C=O) groups excluding carboxylic acids is 2. The van der Waals surface area contributed by atoms with Crippen LogP contribution in [0.2, 0.25) is 0 Å². The number of nitrogens with one attached hydrogen (secondary N) is 1. The lowest BCUT2D eigenvalue weighted by Gasteiger charge is -2.46. The molecule has 2 fully saturated rings. The van der Waals surface area contributed by atoms with E-state index in [2.05, 4.69) is 11.6 Å². The summed E-state index contributed by atoms with van der Waals surface area (Å²) in [4.78, 5) is 26.8. The lowest BCUT2D eigenvalue weighted by atomic mass is 9.85. The molecule has 0 bridgehead atoms. The van der Waals surface area contributed by atoms with E-state index in [1.54, 1.807) is 0 Å². The van der Waals surface area contributed by atoms with E-state index >= 15 is 0 Å². The average molecular weight is 312 g/mol. The molecule has 1 aliphatic heterocycles. The first kappa shape index (κ1) is 16.7. The Morgan fingerprint density at radius 2 is 1.76 bits per heavy atom. The number of nitrogens with zero attached hydrogens (tertiary/aromatic N) is 1. The van der Waals surface area contributed by atoms with Crippen LogP contribution < -0.4 is 5.32 Å². The molecule has 2 amide bonds. The molecule has 120 valence electrons.